The Hall–Kier alpha value is -0.670. The minimum Gasteiger partial charge on any atom is -0.367 e. The van der Waals surface area contributed by atoms with Crippen LogP contribution in [-0.4, -0.2) is 30.6 Å². The number of hydrogen-bond acceptors (Lipinski definition) is 3. The van der Waals surface area contributed by atoms with Crippen molar-refractivity contribution in [3.8, 4) is 0 Å². The maximum absolute atomic E-state index is 3.35. The van der Waals surface area contributed by atoms with Crippen LogP contribution in [0.4, 0.5) is 5.69 Å². The van der Waals surface area contributed by atoms with Gasteiger partial charge in [-0.2, -0.15) is 11.8 Å². The quantitative estimate of drug-likeness (QED) is 0.902. The third-order valence-electron chi connectivity index (χ3n) is 4.03. The van der Waals surface area contributed by atoms with Crippen LogP contribution in [0.5, 0.6) is 0 Å². The van der Waals surface area contributed by atoms with E-state index in [0.717, 1.165) is 6.54 Å². The molecule has 3 unspecified atom stereocenters. The van der Waals surface area contributed by atoms with Crippen LogP contribution in [0.2, 0.25) is 0 Å². The van der Waals surface area contributed by atoms with Crippen molar-refractivity contribution in [2.45, 2.75) is 38.1 Å². The lowest BCUT2D eigenvalue weighted by Gasteiger charge is -2.40. The SMILES string of the molecule is CNC(C)c1ccccc1N1CCSC(C)C1C. The van der Waals surface area contributed by atoms with E-state index in [1.165, 1.54) is 17.0 Å². The van der Waals surface area contributed by atoms with Crippen LogP contribution in [0, 0.1) is 0 Å². The van der Waals surface area contributed by atoms with E-state index in [9.17, 15) is 0 Å². The molecule has 0 radical (unpaired) electrons. The molecule has 0 amide bonds. The van der Waals surface area contributed by atoms with E-state index in [1.54, 1.807) is 0 Å². The van der Waals surface area contributed by atoms with Crippen molar-refractivity contribution in [2.75, 3.05) is 24.2 Å². The highest BCUT2D eigenvalue weighted by molar-refractivity contribution is 8.00. The third kappa shape index (κ3) is 2.67. The molecule has 1 aromatic carbocycles. The summed E-state index contributed by atoms with van der Waals surface area (Å²) >= 11 is 2.09. The number of rotatable bonds is 3. The molecule has 100 valence electrons. The predicted molar refractivity (Wildman–Crippen MR) is 82.6 cm³/mol. The van der Waals surface area contributed by atoms with Crippen LogP contribution in [0.25, 0.3) is 0 Å². The summed E-state index contributed by atoms with van der Waals surface area (Å²) in [5.41, 5.74) is 2.81. The summed E-state index contributed by atoms with van der Waals surface area (Å²) in [6, 6.07) is 9.81. The average Bonchev–Trinajstić information content (AvgIpc) is 2.41. The molecule has 1 fully saturated rings. The second-order valence-corrected chi connectivity index (χ2v) is 6.56. The number of benzene rings is 1. The van der Waals surface area contributed by atoms with Crippen LogP contribution in [-0.2, 0) is 0 Å². The average molecular weight is 264 g/mol. The van der Waals surface area contributed by atoms with E-state index < -0.39 is 0 Å². The first-order chi connectivity index (χ1) is 8.65. The Morgan fingerprint density at radius 3 is 2.78 bits per heavy atom. The summed E-state index contributed by atoms with van der Waals surface area (Å²) in [7, 11) is 2.03. The van der Waals surface area contributed by atoms with Crippen molar-refractivity contribution in [1.82, 2.24) is 5.32 Å². The largest absolute Gasteiger partial charge is 0.367 e. The lowest BCUT2D eigenvalue weighted by molar-refractivity contribution is 0.607. The van der Waals surface area contributed by atoms with Gasteiger partial charge >= 0.3 is 0 Å². The zero-order chi connectivity index (χ0) is 13.1. The molecule has 1 N–H and O–H groups in total. The number of para-hydroxylation sites is 1. The highest BCUT2D eigenvalue weighted by Gasteiger charge is 2.27. The molecule has 0 saturated carbocycles. The number of anilines is 1. The molecule has 2 rings (SSSR count). The zero-order valence-electron chi connectivity index (χ0n) is 11.8. The van der Waals surface area contributed by atoms with Crippen molar-refractivity contribution in [3.63, 3.8) is 0 Å². The van der Waals surface area contributed by atoms with E-state index >= 15 is 0 Å². The first kappa shape index (κ1) is 13.8. The van der Waals surface area contributed by atoms with Gasteiger partial charge in [-0.1, -0.05) is 25.1 Å². The molecule has 3 atom stereocenters. The number of nitrogens with zero attached hydrogens (tertiary/aromatic N) is 1. The standard InChI is InChI=1S/C15H24N2S/c1-11(16-4)14-7-5-6-8-15(14)17-9-10-18-13(3)12(17)2/h5-8,11-13,16H,9-10H2,1-4H3. The van der Waals surface area contributed by atoms with Gasteiger partial charge in [0.05, 0.1) is 0 Å². The Labute approximate surface area is 115 Å². The summed E-state index contributed by atoms with van der Waals surface area (Å²) in [5.74, 6) is 1.23. The second kappa shape index (κ2) is 5.98. The molecule has 18 heavy (non-hydrogen) atoms. The van der Waals surface area contributed by atoms with Crippen LogP contribution in [0.15, 0.2) is 24.3 Å². The highest BCUT2D eigenvalue weighted by atomic mass is 32.2. The molecular weight excluding hydrogens is 240 g/mol. The maximum Gasteiger partial charge on any atom is 0.0417 e. The van der Waals surface area contributed by atoms with Gasteiger partial charge in [-0.05, 0) is 32.5 Å². The Bertz CT molecular complexity index is 394. The molecular formula is C15H24N2S. The summed E-state index contributed by atoms with van der Waals surface area (Å²) in [6.45, 7) is 8.07. The fraction of sp³-hybridized carbons (Fsp3) is 0.600. The predicted octanol–water partition coefficient (Wildman–Crippen LogP) is 3.30. The van der Waals surface area contributed by atoms with Gasteiger partial charge < -0.3 is 10.2 Å². The van der Waals surface area contributed by atoms with Crippen LogP contribution < -0.4 is 10.2 Å². The molecule has 1 aliphatic heterocycles. The first-order valence-electron chi connectivity index (χ1n) is 6.79. The second-order valence-electron chi connectivity index (χ2n) is 5.08. The molecule has 1 aromatic rings. The molecule has 1 heterocycles. The van der Waals surface area contributed by atoms with Crippen molar-refractivity contribution < 1.29 is 0 Å². The number of nitrogens with one attached hydrogen (secondary N) is 1. The highest BCUT2D eigenvalue weighted by Crippen LogP contribution is 2.33. The Balaban J connectivity index is 2.32. The minimum atomic E-state index is 0.401. The van der Waals surface area contributed by atoms with E-state index in [4.69, 9.17) is 0 Å². The third-order valence-corrected chi connectivity index (χ3v) is 5.37. The van der Waals surface area contributed by atoms with Crippen molar-refractivity contribution >= 4 is 17.4 Å². The summed E-state index contributed by atoms with van der Waals surface area (Å²) < 4.78 is 0. The number of thioether (sulfide) groups is 1. The Morgan fingerprint density at radius 1 is 1.33 bits per heavy atom. The van der Waals surface area contributed by atoms with Crippen molar-refractivity contribution in [1.29, 1.82) is 0 Å². The molecule has 0 spiro atoms. The fourth-order valence-electron chi connectivity index (χ4n) is 2.54. The lowest BCUT2D eigenvalue weighted by atomic mass is 10.0. The fourth-order valence-corrected chi connectivity index (χ4v) is 3.64. The first-order valence-corrected chi connectivity index (χ1v) is 7.84. The van der Waals surface area contributed by atoms with Gasteiger partial charge in [0.2, 0.25) is 0 Å². The van der Waals surface area contributed by atoms with Gasteiger partial charge in [-0.25, -0.2) is 0 Å². The van der Waals surface area contributed by atoms with Crippen LogP contribution in [0.3, 0.4) is 0 Å². The van der Waals surface area contributed by atoms with Gasteiger partial charge in [-0.15, -0.1) is 0 Å². The lowest BCUT2D eigenvalue weighted by Crippen LogP contribution is -2.45. The Kier molecular flexibility index (Phi) is 4.57. The van der Waals surface area contributed by atoms with Crippen LogP contribution in [0.1, 0.15) is 32.4 Å². The van der Waals surface area contributed by atoms with E-state index in [1.807, 2.05) is 7.05 Å². The van der Waals surface area contributed by atoms with E-state index in [0.29, 0.717) is 17.3 Å². The molecule has 0 bridgehead atoms. The zero-order valence-corrected chi connectivity index (χ0v) is 12.6. The molecule has 1 saturated heterocycles. The molecule has 1 aliphatic rings. The van der Waals surface area contributed by atoms with Crippen LogP contribution >= 0.6 is 11.8 Å². The summed E-state index contributed by atoms with van der Waals surface area (Å²) in [4.78, 5) is 2.57. The van der Waals surface area contributed by atoms with Gasteiger partial charge in [0.15, 0.2) is 0 Å². The Morgan fingerprint density at radius 2 is 2.06 bits per heavy atom. The van der Waals surface area contributed by atoms with Crippen molar-refractivity contribution in [2.24, 2.45) is 0 Å². The molecule has 0 aliphatic carbocycles. The normalized spacial score (nSPS) is 26.1. The topological polar surface area (TPSA) is 15.3 Å². The van der Waals surface area contributed by atoms with Gasteiger partial charge in [0.1, 0.15) is 0 Å². The summed E-state index contributed by atoms with van der Waals surface area (Å²) in [5, 5.41) is 4.06. The maximum atomic E-state index is 3.35. The molecule has 3 heteroatoms. The van der Waals surface area contributed by atoms with E-state index in [2.05, 4.69) is 67.0 Å². The van der Waals surface area contributed by atoms with E-state index in [-0.39, 0.29) is 0 Å². The monoisotopic (exact) mass is 264 g/mol. The smallest absolute Gasteiger partial charge is 0.0417 e. The van der Waals surface area contributed by atoms with Gasteiger partial charge in [0.25, 0.3) is 0 Å². The van der Waals surface area contributed by atoms with Gasteiger partial charge in [0, 0.05) is 35.3 Å². The van der Waals surface area contributed by atoms with Gasteiger partial charge in [-0.3, -0.25) is 0 Å². The molecule has 2 nitrogen and oxygen atoms in total. The number of hydrogen-bond donors (Lipinski definition) is 1. The van der Waals surface area contributed by atoms with Crippen molar-refractivity contribution in [3.05, 3.63) is 29.8 Å². The minimum absolute atomic E-state index is 0.401. The summed E-state index contributed by atoms with van der Waals surface area (Å²) in [6.07, 6.45) is 0. The molecule has 0 aromatic heterocycles.